The number of benzene rings is 2. The number of rotatable bonds is 2. The van der Waals surface area contributed by atoms with Crippen molar-refractivity contribution >= 4 is 16.8 Å². The number of aromatic nitrogens is 1. The first-order chi connectivity index (χ1) is 14.7. The van der Waals surface area contributed by atoms with Crippen molar-refractivity contribution in [2.75, 3.05) is 19.6 Å². The number of likely N-dealkylation sites (tertiary alicyclic amines) is 1. The van der Waals surface area contributed by atoms with Crippen LogP contribution in [0.2, 0.25) is 0 Å². The van der Waals surface area contributed by atoms with E-state index in [2.05, 4.69) is 14.8 Å². The van der Waals surface area contributed by atoms with Crippen molar-refractivity contribution in [3.8, 4) is 0 Å². The van der Waals surface area contributed by atoms with Crippen molar-refractivity contribution in [1.82, 2.24) is 14.8 Å². The summed E-state index contributed by atoms with van der Waals surface area (Å²) >= 11 is 0. The van der Waals surface area contributed by atoms with Crippen molar-refractivity contribution in [3.05, 3.63) is 77.7 Å². The average molecular weight is 401 g/mol. The van der Waals surface area contributed by atoms with Crippen LogP contribution in [-0.2, 0) is 0 Å². The lowest BCUT2D eigenvalue weighted by Gasteiger charge is -2.51. The van der Waals surface area contributed by atoms with Crippen LogP contribution < -0.4 is 0 Å². The predicted octanol–water partition coefficient (Wildman–Crippen LogP) is 4.08. The number of nitrogens with zero attached hydrogens (tertiary/aromatic N) is 3. The van der Waals surface area contributed by atoms with Crippen LogP contribution in [0.4, 0.5) is 4.39 Å². The summed E-state index contributed by atoms with van der Waals surface area (Å²) in [4.78, 5) is 22.7. The minimum Gasteiger partial charge on any atom is -0.333 e. The van der Waals surface area contributed by atoms with Gasteiger partial charge in [0.15, 0.2) is 0 Å². The average Bonchev–Trinajstić information content (AvgIpc) is 3.22. The van der Waals surface area contributed by atoms with Crippen molar-refractivity contribution < 1.29 is 9.18 Å². The molecule has 0 N–H and O–H groups in total. The van der Waals surface area contributed by atoms with Gasteiger partial charge in [0.1, 0.15) is 5.82 Å². The van der Waals surface area contributed by atoms with Gasteiger partial charge in [0.05, 0.1) is 11.6 Å². The monoisotopic (exact) mass is 401 g/mol. The summed E-state index contributed by atoms with van der Waals surface area (Å²) in [5.74, 6) is 0.673. The maximum atomic E-state index is 13.7. The van der Waals surface area contributed by atoms with Crippen LogP contribution in [0.5, 0.6) is 0 Å². The molecule has 4 aliphatic rings. The Kier molecular flexibility index (Phi) is 4.13. The highest BCUT2D eigenvalue weighted by molar-refractivity contribution is 5.98. The molecule has 0 saturated carbocycles. The summed E-state index contributed by atoms with van der Waals surface area (Å²) in [5, 5.41) is 0.989. The normalized spacial score (nSPS) is 29.9. The smallest absolute Gasteiger partial charge is 0.254 e. The van der Waals surface area contributed by atoms with E-state index in [0.717, 1.165) is 48.0 Å². The van der Waals surface area contributed by atoms with Crippen molar-refractivity contribution in [2.24, 2.45) is 5.92 Å². The second-order valence-electron chi connectivity index (χ2n) is 8.88. The van der Waals surface area contributed by atoms with Crippen molar-refractivity contribution in [3.63, 3.8) is 0 Å². The van der Waals surface area contributed by atoms with E-state index >= 15 is 0 Å². The third kappa shape index (κ3) is 2.76. The van der Waals surface area contributed by atoms with E-state index in [4.69, 9.17) is 0 Å². The number of carbonyl (C=O) groups excluding carboxylic acids is 1. The molecule has 4 nitrogen and oxygen atoms in total. The van der Waals surface area contributed by atoms with Gasteiger partial charge in [0.2, 0.25) is 0 Å². The van der Waals surface area contributed by atoms with Gasteiger partial charge in [-0.3, -0.25) is 14.7 Å². The molecule has 30 heavy (non-hydrogen) atoms. The molecule has 5 heteroatoms. The summed E-state index contributed by atoms with van der Waals surface area (Å²) in [6.45, 7) is 2.90. The number of halogens is 1. The molecule has 1 amide bonds. The number of piperidine rings is 3. The van der Waals surface area contributed by atoms with Crippen LogP contribution in [0, 0.1) is 11.7 Å². The second-order valence-corrected chi connectivity index (χ2v) is 8.88. The molecule has 1 aromatic heterocycles. The maximum absolute atomic E-state index is 13.7. The highest BCUT2D eigenvalue weighted by Crippen LogP contribution is 2.47. The number of carbonyl (C=O) groups is 1. The third-order valence-electron chi connectivity index (χ3n) is 7.40. The summed E-state index contributed by atoms with van der Waals surface area (Å²) < 4.78 is 13.5. The van der Waals surface area contributed by atoms with E-state index < -0.39 is 0 Å². The first-order valence-corrected chi connectivity index (χ1v) is 10.8. The molecule has 2 aromatic carbocycles. The Labute approximate surface area is 175 Å². The van der Waals surface area contributed by atoms with Crippen LogP contribution in [0.1, 0.15) is 34.7 Å². The number of amides is 1. The molecule has 4 saturated heterocycles. The zero-order valence-corrected chi connectivity index (χ0v) is 16.7. The molecule has 0 aliphatic carbocycles. The van der Waals surface area contributed by atoms with Crippen LogP contribution in [-0.4, -0.2) is 52.4 Å². The van der Waals surface area contributed by atoms with Gasteiger partial charge in [-0.15, -0.1) is 0 Å². The minimum absolute atomic E-state index is 0.106. The van der Waals surface area contributed by atoms with Gasteiger partial charge in [-0.1, -0.05) is 18.2 Å². The van der Waals surface area contributed by atoms with Crippen LogP contribution in [0.15, 0.2) is 60.8 Å². The molecular weight excluding hydrogens is 377 g/mol. The molecule has 4 aliphatic heterocycles. The molecule has 2 bridgehead atoms. The molecule has 0 radical (unpaired) electrons. The number of hydrogen-bond acceptors (Lipinski definition) is 3. The molecule has 0 unspecified atom stereocenters. The lowest BCUT2D eigenvalue weighted by molar-refractivity contribution is -0.00340. The van der Waals surface area contributed by atoms with Gasteiger partial charge in [-0.2, -0.15) is 0 Å². The number of hydrogen-bond donors (Lipinski definition) is 0. The van der Waals surface area contributed by atoms with Crippen LogP contribution in [0.3, 0.4) is 0 Å². The van der Waals surface area contributed by atoms with Gasteiger partial charge in [0, 0.05) is 35.7 Å². The standard InChI is InChI=1S/C25H24FN3O/c26-20-6-3-16(4-7-20)21-15-29(23-17-9-12-28(13-10-17)24(21)23)25(30)19-5-8-22-18(14-19)2-1-11-27-22/h1-8,11,14,17,21,23-24H,9-10,12-13,15H2/t21-,23+,24+/m1/s1. The Bertz CT molecular complexity index is 1110. The van der Waals surface area contributed by atoms with Gasteiger partial charge < -0.3 is 4.90 Å². The van der Waals surface area contributed by atoms with E-state index in [1.165, 1.54) is 0 Å². The minimum atomic E-state index is -0.212. The SMILES string of the molecule is O=C(c1ccc2ncccc2c1)N1C[C@H](c2ccc(F)cc2)[C@H]2[C@@H]1C1CCN2CC1. The second kappa shape index (κ2) is 6.88. The zero-order chi connectivity index (χ0) is 20.2. The van der Waals surface area contributed by atoms with E-state index in [0.29, 0.717) is 18.5 Å². The van der Waals surface area contributed by atoms with Crippen LogP contribution >= 0.6 is 0 Å². The number of fused-ring (bicyclic) bond motifs is 3. The third-order valence-corrected chi connectivity index (χ3v) is 7.40. The summed E-state index contributed by atoms with van der Waals surface area (Å²) in [6, 6.07) is 17.2. The topological polar surface area (TPSA) is 36.4 Å². The van der Waals surface area contributed by atoms with Gasteiger partial charge in [-0.25, -0.2) is 4.39 Å². The Morgan fingerprint density at radius 1 is 1.00 bits per heavy atom. The Hall–Kier alpha value is -2.79. The molecule has 7 rings (SSSR count). The molecular formula is C25H24FN3O. The van der Waals surface area contributed by atoms with E-state index in [9.17, 15) is 9.18 Å². The first kappa shape index (κ1) is 18.0. The maximum Gasteiger partial charge on any atom is 0.254 e. The van der Waals surface area contributed by atoms with Gasteiger partial charge in [0.25, 0.3) is 5.91 Å². The van der Waals surface area contributed by atoms with E-state index in [1.54, 1.807) is 18.3 Å². The fourth-order valence-electron chi connectivity index (χ4n) is 6.03. The van der Waals surface area contributed by atoms with Crippen LogP contribution in [0.25, 0.3) is 10.9 Å². The molecule has 0 spiro atoms. The lowest BCUT2D eigenvalue weighted by Crippen LogP contribution is -2.60. The van der Waals surface area contributed by atoms with Crippen molar-refractivity contribution in [1.29, 1.82) is 0 Å². The Balaban J connectivity index is 1.38. The fourth-order valence-corrected chi connectivity index (χ4v) is 6.03. The summed E-state index contributed by atoms with van der Waals surface area (Å²) in [7, 11) is 0. The summed E-state index contributed by atoms with van der Waals surface area (Å²) in [6.07, 6.45) is 4.08. The Morgan fingerprint density at radius 3 is 2.60 bits per heavy atom. The molecule has 4 fully saturated rings. The fraction of sp³-hybridized carbons (Fsp3) is 0.360. The molecule has 5 heterocycles. The van der Waals surface area contributed by atoms with Crippen molar-refractivity contribution in [2.45, 2.75) is 30.8 Å². The van der Waals surface area contributed by atoms with Gasteiger partial charge >= 0.3 is 0 Å². The largest absolute Gasteiger partial charge is 0.333 e. The zero-order valence-electron chi connectivity index (χ0n) is 16.7. The Morgan fingerprint density at radius 2 is 1.80 bits per heavy atom. The highest BCUT2D eigenvalue weighted by atomic mass is 19.1. The number of pyridine rings is 1. The van der Waals surface area contributed by atoms with E-state index in [1.807, 2.05) is 42.5 Å². The molecule has 3 atom stereocenters. The van der Waals surface area contributed by atoms with Gasteiger partial charge in [-0.05, 0) is 73.8 Å². The predicted molar refractivity (Wildman–Crippen MR) is 114 cm³/mol. The molecule has 152 valence electrons. The summed E-state index contributed by atoms with van der Waals surface area (Å²) in [5.41, 5.74) is 2.77. The molecule has 3 aromatic rings. The quantitative estimate of drug-likeness (QED) is 0.649. The first-order valence-electron chi connectivity index (χ1n) is 10.8. The highest BCUT2D eigenvalue weighted by Gasteiger charge is 2.54. The lowest BCUT2D eigenvalue weighted by atomic mass is 9.75. The van der Waals surface area contributed by atoms with E-state index in [-0.39, 0.29) is 23.7 Å².